The summed E-state index contributed by atoms with van der Waals surface area (Å²) < 4.78 is 0. The van der Waals surface area contributed by atoms with E-state index in [4.69, 9.17) is 0 Å². The molecule has 0 unspecified atom stereocenters. The Morgan fingerprint density at radius 1 is 1.25 bits per heavy atom. The second-order valence-corrected chi connectivity index (χ2v) is 4.32. The lowest BCUT2D eigenvalue weighted by atomic mass is 10.1. The van der Waals surface area contributed by atoms with Gasteiger partial charge in [-0.1, -0.05) is 6.07 Å². The van der Waals surface area contributed by atoms with Crippen LogP contribution in [0.15, 0.2) is 24.4 Å². The van der Waals surface area contributed by atoms with Crippen molar-refractivity contribution >= 4 is 10.9 Å². The number of aromatic nitrogens is 2. The van der Waals surface area contributed by atoms with Gasteiger partial charge in [-0.25, -0.2) is 0 Å². The van der Waals surface area contributed by atoms with Gasteiger partial charge in [0.2, 0.25) is 0 Å². The first-order valence-corrected chi connectivity index (χ1v) is 5.77. The molecular weight excluding hydrogens is 200 g/mol. The topological polar surface area (TPSA) is 44.0 Å². The minimum absolute atomic E-state index is 1.04. The number of H-pyrrole nitrogens is 1. The van der Waals surface area contributed by atoms with E-state index in [-0.39, 0.29) is 0 Å². The second kappa shape index (κ2) is 4.23. The molecule has 0 bridgehead atoms. The Bertz CT molecular complexity index is 471. The maximum atomic E-state index is 4.04. The van der Waals surface area contributed by atoms with Crippen LogP contribution in [0.3, 0.4) is 0 Å². The largest absolute Gasteiger partial charge is 0.314 e. The van der Waals surface area contributed by atoms with E-state index in [9.17, 15) is 0 Å². The summed E-state index contributed by atoms with van der Waals surface area (Å²) in [5.74, 6) is 0. The first-order valence-electron chi connectivity index (χ1n) is 5.77. The first kappa shape index (κ1) is 9.81. The van der Waals surface area contributed by atoms with Crippen molar-refractivity contribution in [3.8, 4) is 0 Å². The van der Waals surface area contributed by atoms with Gasteiger partial charge in [-0.2, -0.15) is 5.10 Å². The zero-order chi connectivity index (χ0) is 10.8. The van der Waals surface area contributed by atoms with E-state index in [1.165, 1.54) is 10.9 Å². The standard InChI is InChI=1S/C12H16N4/c1-2-12-11(8-14-15-12)7-10(1)9-16-5-3-13-4-6-16/h1-2,7-8,13H,3-6,9H2,(H,14,15). The highest BCUT2D eigenvalue weighted by atomic mass is 15.2. The molecule has 2 heterocycles. The van der Waals surface area contributed by atoms with Crippen LogP contribution in [0.1, 0.15) is 5.56 Å². The van der Waals surface area contributed by atoms with E-state index in [0.717, 1.165) is 38.2 Å². The molecule has 1 saturated heterocycles. The third kappa shape index (κ3) is 1.94. The molecule has 4 nitrogen and oxygen atoms in total. The first-order chi connectivity index (χ1) is 7.92. The van der Waals surface area contributed by atoms with E-state index in [2.05, 4.69) is 38.6 Å². The van der Waals surface area contributed by atoms with Crippen LogP contribution in [0.2, 0.25) is 0 Å². The molecular formula is C12H16N4. The average molecular weight is 216 g/mol. The molecule has 2 aromatic rings. The van der Waals surface area contributed by atoms with Crippen LogP contribution in [0.5, 0.6) is 0 Å². The fourth-order valence-electron chi connectivity index (χ4n) is 2.22. The lowest BCUT2D eigenvalue weighted by molar-refractivity contribution is 0.233. The lowest BCUT2D eigenvalue weighted by Gasteiger charge is -2.27. The Kier molecular flexibility index (Phi) is 2.60. The maximum absolute atomic E-state index is 4.04. The molecule has 0 amide bonds. The molecule has 16 heavy (non-hydrogen) atoms. The van der Waals surface area contributed by atoms with Crippen molar-refractivity contribution in [2.75, 3.05) is 26.2 Å². The molecule has 3 rings (SSSR count). The normalized spacial score (nSPS) is 18.0. The number of piperazine rings is 1. The van der Waals surface area contributed by atoms with Crippen LogP contribution in [0, 0.1) is 0 Å². The van der Waals surface area contributed by atoms with Gasteiger partial charge < -0.3 is 5.32 Å². The van der Waals surface area contributed by atoms with Crippen molar-refractivity contribution in [3.63, 3.8) is 0 Å². The summed E-state index contributed by atoms with van der Waals surface area (Å²) in [4.78, 5) is 2.48. The summed E-state index contributed by atoms with van der Waals surface area (Å²) in [5.41, 5.74) is 2.49. The number of benzene rings is 1. The molecule has 0 spiro atoms. The van der Waals surface area contributed by atoms with E-state index >= 15 is 0 Å². The average Bonchev–Trinajstić information content (AvgIpc) is 2.77. The Morgan fingerprint density at radius 3 is 3.00 bits per heavy atom. The lowest BCUT2D eigenvalue weighted by Crippen LogP contribution is -2.42. The van der Waals surface area contributed by atoms with Gasteiger partial charge in [-0.05, 0) is 17.7 Å². The zero-order valence-corrected chi connectivity index (χ0v) is 9.24. The summed E-state index contributed by atoms with van der Waals surface area (Å²) >= 11 is 0. The predicted molar refractivity (Wildman–Crippen MR) is 64.2 cm³/mol. The summed E-state index contributed by atoms with van der Waals surface area (Å²) in [7, 11) is 0. The summed E-state index contributed by atoms with van der Waals surface area (Å²) in [6, 6.07) is 6.52. The Hall–Kier alpha value is -1.39. The van der Waals surface area contributed by atoms with Gasteiger partial charge in [0.1, 0.15) is 0 Å². The predicted octanol–water partition coefficient (Wildman–Crippen LogP) is 0.968. The molecule has 1 aromatic heterocycles. The number of hydrogen-bond donors (Lipinski definition) is 2. The minimum atomic E-state index is 1.04. The van der Waals surface area contributed by atoms with Gasteiger partial charge in [0, 0.05) is 38.1 Å². The van der Waals surface area contributed by atoms with Crippen molar-refractivity contribution in [1.29, 1.82) is 0 Å². The number of fused-ring (bicyclic) bond motifs is 1. The molecule has 1 aliphatic rings. The highest BCUT2D eigenvalue weighted by Gasteiger charge is 2.09. The van der Waals surface area contributed by atoms with Crippen LogP contribution >= 0.6 is 0 Å². The summed E-state index contributed by atoms with van der Waals surface area (Å²) in [6.07, 6.45) is 1.89. The maximum Gasteiger partial charge on any atom is 0.0650 e. The van der Waals surface area contributed by atoms with Gasteiger partial charge in [0.25, 0.3) is 0 Å². The van der Waals surface area contributed by atoms with Gasteiger partial charge in [0.15, 0.2) is 0 Å². The number of rotatable bonds is 2. The zero-order valence-electron chi connectivity index (χ0n) is 9.24. The molecule has 84 valence electrons. The number of nitrogens with one attached hydrogen (secondary N) is 2. The fourth-order valence-corrected chi connectivity index (χ4v) is 2.22. The molecule has 4 heteroatoms. The monoisotopic (exact) mass is 216 g/mol. The van der Waals surface area contributed by atoms with E-state index < -0.39 is 0 Å². The van der Waals surface area contributed by atoms with E-state index in [1.54, 1.807) is 0 Å². The van der Waals surface area contributed by atoms with Crippen molar-refractivity contribution in [2.45, 2.75) is 6.54 Å². The van der Waals surface area contributed by atoms with Gasteiger partial charge in [-0.15, -0.1) is 0 Å². The van der Waals surface area contributed by atoms with Crippen molar-refractivity contribution in [3.05, 3.63) is 30.0 Å². The van der Waals surface area contributed by atoms with Crippen LogP contribution in [-0.4, -0.2) is 41.3 Å². The van der Waals surface area contributed by atoms with Crippen molar-refractivity contribution < 1.29 is 0 Å². The number of hydrogen-bond acceptors (Lipinski definition) is 3. The summed E-state index contributed by atoms with van der Waals surface area (Å²) in [6.45, 7) is 5.54. The Labute approximate surface area is 94.6 Å². The van der Waals surface area contributed by atoms with Crippen LogP contribution in [-0.2, 0) is 6.54 Å². The molecule has 1 fully saturated rings. The third-order valence-corrected chi connectivity index (χ3v) is 3.12. The van der Waals surface area contributed by atoms with Crippen LogP contribution in [0.4, 0.5) is 0 Å². The Morgan fingerprint density at radius 2 is 2.12 bits per heavy atom. The third-order valence-electron chi connectivity index (χ3n) is 3.12. The molecule has 1 aliphatic heterocycles. The molecule has 0 atom stereocenters. The van der Waals surface area contributed by atoms with Gasteiger partial charge in [0.05, 0.1) is 11.7 Å². The highest BCUT2D eigenvalue weighted by molar-refractivity contribution is 5.78. The SMILES string of the molecule is c1cc2[nH]ncc2cc1CN1CCNCC1. The molecule has 0 saturated carbocycles. The van der Waals surface area contributed by atoms with Crippen molar-refractivity contribution in [1.82, 2.24) is 20.4 Å². The van der Waals surface area contributed by atoms with E-state index in [0.29, 0.717) is 0 Å². The highest BCUT2D eigenvalue weighted by Crippen LogP contribution is 2.14. The minimum Gasteiger partial charge on any atom is -0.314 e. The summed E-state index contributed by atoms with van der Waals surface area (Å²) in [5, 5.41) is 11.6. The number of nitrogens with zero attached hydrogens (tertiary/aromatic N) is 2. The van der Waals surface area contributed by atoms with Gasteiger partial charge >= 0.3 is 0 Å². The fraction of sp³-hybridized carbons (Fsp3) is 0.417. The molecule has 1 aromatic carbocycles. The molecule has 2 N–H and O–H groups in total. The second-order valence-electron chi connectivity index (χ2n) is 4.32. The van der Waals surface area contributed by atoms with E-state index in [1.807, 2.05) is 6.20 Å². The van der Waals surface area contributed by atoms with Crippen LogP contribution in [0.25, 0.3) is 10.9 Å². The van der Waals surface area contributed by atoms with Gasteiger partial charge in [-0.3, -0.25) is 10.00 Å². The van der Waals surface area contributed by atoms with Crippen molar-refractivity contribution in [2.24, 2.45) is 0 Å². The molecule has 0 radical (unpaired) electrons. The Balaban J connectivity index is 1.77. The molecule has 0 aliphatic carbocycles. The quantitative estimate of drug-likeness (QED) is 0.786. The smallest absolute Gasteiger partial charge is 0.0650 e. The van der Waals surface area contributed by atoms with Crippen LogP contribution < -0.4 is 5.32 Å². The number of aromatic amines is 1.